The van der Waals surface area contributed by atoms with E-state index in [-0.39, 0.29) is 12.2 Å². The van der Waals surface area contributed by atoms with Gasteiger partial charge >= 0.3 is 5.82 Å². The molecule has 0 aliphatic rings. The summed E-state index contributed by atoms with van der Waals surface area (Å²) in [5.41, 5.74) is 0. The van der Waals surface area contributed by atoms with E-state index in [9.17, 15) is 15.0 Å². The lowest BCUT2D eigenvalue weighted by Crippen LogP contribution is -2.30. The highest BCUT2D eigenvalue weighted by Crippen LogP contribution is 2.23. The molecule has 7 nitrogen and oxygen atoms in total. The first kappa shape index (κ1) is 12.6. The third-order valence-electron chi connectivity index (χ3n) is 2.12. The molecule has 0 aromatic carbocycles. The lowest BCUT2D eigenvalue weighted by molar-refractivity contribution is -0.389. The summed E-state index contributed by atoms with van der Waals surface area (Å²) < 4.78 is 0. The van der Waals surface area contributed by atoms with Crippen LogP contribution in [0.25, 0.3) is 0 Å². The highest BCUT2D eigenvalue weighted by atomic mass is 35.5. The van der Waals surface area contributed by atoms with Gasteiger partial charge in [0.05, 0.1) is 11.3 Å². The number of rotatable bonds is 5. The van der Waals surface area contributed by atoms with Crippen molar-refractivity contribution in [2.24, 2.45) is 5.18 Å². The van der Waals surface area contributed by atoms with Crippen LogP contribution in [0.4, 0.5) is 5.82 Å². The van der Waals surface area contributed by atoms with Crippen LogP contribution in [0.1, 0.15) is 19.7 Å². The number of hydrogen-bond donors (Lipinski definition) is 1. The Morgan fingerprint density at radius 1 is 1.75 bits per heavy atom. The molecule has 0 radical (unpaired) electrons. The summed E-state index contributed by atoms with van der Waals surface area (Å²) >= 11 is 5.95. The van der Waals surface area contributed by atoms with Gasteiger partial charge in [-0.15, -0.1) is 11.6 Å². The highest BCUT2D eigenvalue weighted by molar-refractivity contribution is 6.23. The van der Waals surface area contributed by atoms with Crippen molar-refractivity contribution >= 4 is 17.4 Å². The van der Waals surface area contributed by atoms with E-state index >= 15 is 0 Å². The van der Waals surface area contributed by atoms with Crippen LogP contribution in [-0.4, -0.2) is 25.8 Å². The molecule has 8 heteroatoms. The fraction of sp³-hybridized carbons (Fsp3) is 0.625. The fourth-order valence-electron chi connectivity index (χ4n) is 1.14. The maximum Gasteiger partial charge on any atom is 0.340 e. The Bertz CT molecular complexity index is 398. The number of nitrogens with zero attached hydrogens (tertiary/aromatic N) is 3. The number of aromatic amines is 1. The molecule has 0 amide bonds. The lowest BCUT2D eigenvalue weighted by atomic mass is 10.0. The number of nitro groups is 1. The number of nitrogens with one attached hydrogen (secondary N) is 1. The quantitative estimate of drug-likeness (QED) is 0.372. The summed E-state index contributed by atoms with van der Waals surface area (Å²) in [5, 5.41) is 13.3. The van der Waals surface area contributed by atoms with Crippen molar-refractivity contribution in [2.75, 3.05) is 0 Å². The van der Waals surface area contributed by atoms with Gasteiger partial charge in [0.15, 0.2) is 5.82 Å². The van der Waals surface area contributed by atoms with Gasteiger partial charge in [-0.05, 0) is 18.8 Å². The van der Waals surface area contributed by atoms with Crippen LogP contribution < -0.4 is 0 Å². The van der Waals surface area contributed by atoms with Crippen molar-refractivity contribution in [3.05, 3.63) is 27.0 Å². The van der Waals surface area contributed by atoms with Crippen molar-refractivity contribution in [3.63, 3.8) is 0 Å². The second-order valence-corrected chi connectivity index (χ2v) is 4.84. The van der Waals surface area contributed by atoms with Crippen molar-refractivity contribution in [2.45, 2.75) is 31.2 Å². The second-order valence-electron chi connectivity index (χ2n) is 3.86. The minimum atomic E-state index is -0.816. The van der Waals surface area contributed by atoms with Crippen molar-refractivity contribution in [1.82, 2.24) is 9.97 Å². The molecular weight excluding hydrogens is 236 g/mol. The predicted molar refractivity (Wildman–Crippen MR) is 58.5 cm³/mol. The van der Waals surface area contributed by atoms with E-state index < -0.39 is 15.8 Å². The summed E-state index contributed by atoms with van der Waals surface area (Å²) in [5.74, 6) is 0.108. The van der Waals surface area contributed by atoms with E-state index in [1.165, 1.54) is 0 Å². The summed E-state index contributed by atoms with van der Waals surface area (Å²) in [4.78, 5) is 25.8. The van der Waals surface area contributed by atoms with Crippen LogP contribution in [0.2, 0.25) is 0 Å². The Morgan fingerprint density at radius 3 is 2.75 bits per heavy atom. The molecule has 0 fully saturated rings. The highest BCUT2D eigenvalue weighted by Gasteiger charge is 2.30. The first-order valence-electron chi connectivity index (χ1n) is 4.54. The average Bonchev–Trinajstić information content (AvgIpc) is 2.60. The number of H-pyrrole nitrogens is 1. The number of hydrogen-bond acceptors (Lipinski definition) is 5. The molecule has 0 spiro atoms. The van der Waals surface area contributed by atoms with Gasteiger partial charge < -0.3 is 10.1 Å². The molecule has 0 aliphatic heterocycles. The molecule has 1 aromatic rings. The standard InChI is InChI=1S/C8H11ClN4O3/c1-8(2,9)5(12-14)3-6-10-4-7(11-6)13(15)16/h4-5H,3H2,1-2H3,(H,10,11). The van der Waals surface area contributed by atoms with Gasteiger partial charge in [-0.25, -0.2) is 9.97 Å². The SMILES string of the molecule is CC(C)(Cl)C(Cc1ncc([N+](=O)[O-])[nH]1)N=O. The van der Waals surface area contributed by atoms with Crippen LogP contribution in [0.15, 0.2) is 11.4 Å². The Balaban J connectivity index is 2.79. The molecule has 1 rings (SSSR count). The number of nitroso groups, excluding NO2 is 1. The van der Waals surface area contributed by atoms with Gasteiger partial charge in [-0.2, -0.15) is 4.91 Å². The summed E-state index contributed by atoms with van der Waals surface area (Å²) in [6.07, 6.45) is 1.24. The molecule has 0 aliphatic carbocycles. The summed E-state index contributed by atoms with van der Waals surface area (Å²) in [6.45, 7) is 3.30. The van der Waals surface area contributed by atoms with Crippen LogP contribution in [0, 0.1) is 15.0 Å². The molecule has 1 aromatic heterocycles. The van der Waals surface area contributed by atoms with Crippen molar-refractivity contribution < 1.29 is 4.92 Å². The molecular formula is C8H11ClN4O3. The van der Waals surface area contributed by atoms with Gasteiger partial charge in [0.25, 0.3) is 0 Å². The van der Waals surface area contributed by atoms with Gasteiger partial charge in [0.1, 0.15) is 12.2 Å². The molecule has 1 atom stereocenters. The predicted octanol–water partition coefficient (Wildman–Crippen LogP) is 2.01. The number of aromatic nitrogens is 2. The van der Waals surface area contributed by atoms with E-state index in [2.05, 4.69) is 15.1 Å². The van der Waals surface area contributed by atoms with Gasteiger partial charge in [0.2, 0.25) is 0 Å². The zero-order valence-electron chi connectivity index (χ0n) is 8.81. The third kappa shape index (κ3) is 2.99. The molecule has 1 unspecified atom stereocenters. The minimum absolute atomic E-state index is 0.147. The molecule has 16 heavy (non-hydrogen) atoms. The molecule has 0 saturated heterocycles. The Morgan fingerprint density at radius 2 is 2.38 bits per heavy atom. The molecule has 0 saturated carbocycles. The van der Waals surface area contributed by atoms with Crippen LogP contribution in [0.3, 0.4) is 0 Å². The van der Waals surface area contributed by atoms with Gasteiger partial charge in [0, 0.05) is 0 Å². The first-order valence-corrected chi connectivity index (χ1v) is 4.92. The fourth-order valence-corrected chi connectivity index (χ4v) is 1.25. The van der Waals surface area contributed by atoms with E-state index in [0.717, 1.165) is 6.20 Å². The Kier molecular flexibility index (Phi) is 3.58. The molecule has 0 bridgehead atoms. The minimum Gasteiger partial charge on any atom is -0.358 e. The largest absolute Gasteiger partial charge is 0.358 e. The lowest BCUT2D eigenvalue weighted by Gasteiger charge is -2.19. The zero-order valence-corrected chi connectivity index (χ0v) is 9.56. The topological polar surface area (TPSA) is 101 Å². The Hall–Kier alpha value is -1.50. The molecule has 88 valence electrons. The van der Waals surface area contributed by atoms with E-state index in [4.69, 9.17) is 11.6 Å². The third-order valence-corrected chi connectivity index (χ3v) is 2.37. The molecule has 1 heterocycles. The van der Waals surface area contributed by atoms with Gasteiger partial charge in [-0.1, -0.05) is 5.18 Å². The average molecular weight is 247 g/mol. The Labute approximate surface area is 96.3 Å². The number of halogens is 1. The zero-order chi connectivity index (χ0) is 12.3. The van der Waals surface area contributed by atoms with E-state index in [0.29, 0.717) is 5.82 Å². The van der Waals surface area contributed by atoms with E-state index in [1.807, 2.05) is 0 Å². The first-order chi connectivity index (χ1) is 7.34. The summed E-state index contributed by atoms with van der Waals surface area (Å²) in [6, 6.07) is -0.695. The number of alkyl halides is 1. The smallest absolute Gasteiger partial charge is 0.340 e. The normalized spacial score (nSPS) is 13.4. The second kappa shape index (κ2) is 4.56. The van der Waals surface area contributed by atoms with Crippen LogP contribution in [-0.2, 0) is 6.42 Å². The van der Waals surface area contributed by atoms with Crippen LogP contribution >= 0.6 is 11.6 Å². The van der Waals surface area contributed by atoms with E-state index in [1.54, 1.807) is 13.8 Å². The monoisotopic (exact) mass is 246 g/mol. The van der Waals surface area contributed by atoms with Gasteiger partial charge in [-0.3, -0.25) is 0 Å². The van der Waals surface area contributed by atoms with Crippen molar-refractivity contribution in [3.8, 4) is 0 Å². The maximum atomic E-state index is 10.6. The summed E-state index contributed by atoms with van der Waals surface area (Å²) in [7, 11) is 0. The van der Waals surface area contributed by atoms with Crippen LogP contribution in [0.5, 0.6) is 0 Å². The molecule has 1 N–H and O–H groups in total. The van der Waals surface area contributed by atoms with Crippen molar-refractivity contribution in [1.29, 1.82) is 0 Å². The number of imidazole rings is 1. The maximum absolute atomic E-state index is 10.6.